The number of rotatable bonds is 10. The summed E-state index contributed by atoms with van der Waals surface area (Å²) in [5.41, 5.74) is 4.91. The maximum Gasteiger partial charge on any atom is 0.407 e. The molecule has 3 heterocycles. The summed E-state index contributed by atoms with van der Waals surface area (Å²) in [6.07, 6.45) is 0.519. The zero-order valence-corrected chi connectivity index (χ0v) is 30.3. The van der Waals surface area contributed by atoms with Crippen molar-refractivity contribution in [3.05, 3.63) is 87.0 Å². The highest BCUT2D eigenvalue weighted by Crippen LogP contribution is 2.43. The van der Waals surface area contributed by atoms with Gasteiger partial charge in [-0.25, -0.2) is 14.6 Å². The Labute approximate surface area is 300 Å². The van der Waals surface area contributed by atoms with Crippen LogP contribution in [0.1, 0.15) is 80.8 Å². The van der Waals surface area contributed by atoms with Gasteiger partial charge in [-0.1, -0.05) is 12.1 Å². The van der Waals surface area contributed by atoms with Crippen LogP contribution in [0.5, 0.6) is 5.75 Å². The monoisotopic (exact) mass is 714 g/mol. The standard InChI is InChI=1S/C38H42N4O8S/c1-21-16-23(20-40-37(47)50-38(3,4)5)17-22(2)31(21)42-34(44)27-18-28-30(49-14-10-24-11-15-51-33(24)28)19-26(27)25-8-9-29(35(45)39-12-7-13-43)41-32(25)36(46)48-6/h8-9,11,15-19,43H,7,10,12-14,20H2,1-6H3,(H,39,45)(H,40,47)(H,42,44). The molecule has 0 atom stereocenters. The highest BCUT2D eigenvalue weighted by molar-refractivity contribution is 7.13. The molecule has 1 aliphatic rings. The minimum Gasteiger partial charge on any atom is -0.493 e. The SMILES string of the molecule is COC(=O)c1nc(C(=O)NCCCO)ccc1-c1cc2c(cc1C(=O)Nc1c(C)cc(CNC(=O)OC(C)(C)C)cc1C)-c1sccc1CCO2. The Morgan fingerprint density at radius 3 is 2.39 bits per heavy atom. The lowest BCUT2D eigenvalue weighted by Gasteiger charge is -2.20. The first-order valence-electron chi connectivity index (χ1n) is 16.5. The molecule has 0 saturated carbocycles. The van der Waals surface area contributed by atoms with Gasteiger partial charge in [0, 0.05) is 58.9 Å². The molecule has 12 nitrogen and oxygen atoms in total. The number of hydrogen-bond donors (Lipinski definition) is 4. The summed E-state index contributed by atoms with van der Waals surface area (Å²) in [4.78, 5) is 58.0. The molecule has 13 heteroatoms. The number of nitrogens with one attached hydrogen (secondary N) is 3. The molecule has 0 saturated heterocycles. The molecule has 2 aromatic heterocycles. The Balaban J connectivity index is 1.56. The molecule has 4 N–H and O–H groups in total. The first-order valence-corrected chi connectivity index (χ1v) is 17.4. The lowest BCUT2D eigenvalue weighted by Crippen LogP contribution is -2.32. The number of benzene rings is 2. The van der Waals surface area contributed by atoms with Crippen LogP contribution in [0.2, 0.25) is 0 Å². The zero-order chi connectivity index (χ0) is 36.9. The van der Waals surface area contributed by atoms with Crippen LogP contribution in [-0.4, -0.2) is 66.4 Å². The molecule has 268 valence electrons. The van der Waals surface area contributed by atoms with Gasteiger partial charge in [0.2, 0.25) is 0 Å². The highest BCUT2D eigenvalue weighted by atomic mass is 32.1. The van der Waals surface area contributed by atoms with Crippen molar-refractivity contribution in [3.63, 3.8) is 0 Å². The Hall–Kier alpha value is -5.27. The van der Waals surface area contributed by atoms with E-state index in [0.29, 0.717) is 36.4 Å². The topological polar surface area (TPSA) is 165 Å². The molecule has 1 aliphatic heterocycles. The van der Waals surface area contributed by atoms with Gasteiger partial charge >= 0.3 is 12.1 Å². The Kier molecular flexibility index (Phi) is 11.4. The number of methoxy groups -OCH3 is 1. The number of alkyl carbamates (subject to hydrolysis) is 1. The molecule has 0 bridgehead atoms. The number of aromatic nitrogens is 1. The Morgan fingerprint density at radius 2 is 1.71 bits per heavy atom. The van der Waals surface area contributed by atoms with Gasteiger partial charge in [0.15, 0.2) is 5.69 Å². The van der Waals surface area contributed by atoms with Gasteiger partial charge in [-0.3, -0.25) is 9.59 Å². The van der Waals surface area contributed by atoms with E-state index in [0.717, 1.165) is 32.7 Å². The number of aryl methyl sites for hydroxylation is 2. The summed E-state index contributed by atoms with van der Waals surface area (Å²) in [6.45, 7) is 9.91. The van der Waals surface area contributed by atoms with Gasteiger partial charge in [0.25, 0.3) is 11.8 Å². The summed E-state index contributed by atoms with van der Waals surface area (Å²) in [6, 6.07) is 12.3. The summed E-state index contributed by atoms with van der Waals surface area (Å²) in [7, 11) is 1.21. The lowest BCUT2D eigenvalue weighted by molar-refractivity contribution is 0.0521. The fourth-order valence-electron chi connectivity index (χ4n) is 5.78. The smallest absolute Gasteiger partial charge is 0.407 e. The minimum absolute atomic E-state index is 0.0233. The van der Waals surface area contributed by atoms with Crippen molar-refractivity contribution >= 4 is 40.9 Å². The second-order valence-corrected chi connectivity index (χ2v) is 14.0. The van der Waals surface area contributed by atoms with E-state index in [1.165, 1.54) is 13.2 Å². The molecule has 3 amide bonds. The average Bonchev–Trinajstić information content (AvgIpc) is 3.48. The fraction of sp³-hybridized carbons (Fsp3) is 0.342. The normalized spacial score (nSPS) is 12.1. The van der Waals surface area contributed by atoms with Crippen LogP contribution in [0.4, 0.5) is 10.5 Å². The van der Waals surface area contributed by atoms with E-state index in [2.05, 4.69) is 20.9 Å². The molecule has 51 heavy (non-hydrogen) atoms. The van der Waals surface area contributed by atoms with Crippen LogP contribution in [0.25, 0.3) is 21.6 Å². The van der Waals surface area contributed by atoms with Crippen molar-refractivity contribution in [2.75, 3.05) is 32.2 Å². The number of carbonyl (C=O) groups excluding carboxylic acids is 4. The average molecular weight is 715 g/mol. The van der Waals surface area contributed by atoms with Crippen LogP contribution >= 0.6 is 11.3 Å². The van der Waals surface area contributed by atoms with Crippen LogP contribution in [0.3, 0.4) is 0 Å². The van der Waals surface area contributed by atoms with Gasteiger partial charge in [0.05, 0.1) is 13.7 Å². The number of pyridine rings is 1. The highest BCUT2D eigenvalue weighted by Gasteiger charge is 2.27. The maximum atomic E-state index is 14.4. The predicted octanol–water partition coefficient (Wildman–Crippen LogP) is 6.20. The number of thiophene rings is 1. The molecular weight excluding hydrogens is 673 g/mol. The maximum absolute atomic E-state index is 14.4. The lowest BCUT2D eigenvalue weighted by atomic mass is 9.93. The molecule has 0 radical (unpaired) electrons. The minimum atomic E-state index is -0.792. The number of aliphatic hydroxyl groups excluding tert-OH is 1. The van der Waals surface area contributed by atoms with Gasteiger partial charge < -0.3 is 35.3 Å². The number of carbonyl (C=O) groups is 4. The van der Waals surface area contributed by atoms with Gasteiger partial charge in [0.1, 0.15) is 17.0 Å². The quantitative estimate of drug-likeness (QED) is 0.111. The summed E-state index contributed by atoms with van der Waals surface area (Å²) < 4.78 is 16.6. The molecule has 0 unspecified atom stereocenters. The van der Waals surface area contributed by atoms with E-state index >= 15 is 0 Å². The van der Waals surface area contributed by atoms with E-state index in [-0.39, 0.29) is 42.2 Å². The van der Waals surface area contributed by atoms with E-state index < -0.39 is 29.5 Å². The van der Waals surface area contributed by atoms with E-state index in [1.807, 2.05) is 37.4 Å². The van der Waals surface area contributed by atoms with E-state index in [9.17, 15) is 19.2 Å². The molecular formula is C38H42N4O8S. The largest absolute Gasteiger partial charge is 0.493 e. The molecule has 2 aromatic carbocycles. The van der Waals surface area contributed by atoms with Crippen LogP contribution in [-0.2, 0) is 22.4 Å². The zero-order valence-electron chi connectivity index (χ0n) is 29.5. The summed E-state index contributed by atoms with van der Waals surface area (Å²) in [5, 5.41) is 19.6. The number of nitrogens with zero attached hydrogens (tertiary/aromatic N) is 1. The van der Waals surface area contributed by atoms with Gasteiger partial charge in [-0.05, 0) is 99.0 Å². The second kappa shape index (κ2) is 15.7. The van der Waals surface area contributed by atoms with Gasteiger partial charge in [-0.15, -0.1) is 11.3 Å². The van der Waals surface area contributed by atoms with E-state index in [4.69, 9.17) is 19.3 Å². The Bertz CT molecular complexity index is 1960. The number of hydrogen-bond acceptors (Lipinski definition) is 10. The third-order valence-electron chi connectivity index (χ3n) is 8.07. The molecule has 0 aliphatic carbocycles. The van der Waals surface area contributed by atoms with Crippen molar-refractivity contribution in [2.45, 2.75) is 59.6 Å². The fourth-order valence-corrected chi connectivity index (χ4v) is 6.75. The molecule has 5 rings (SSSR count). The van der Waals surface area contributed by atoms with Crippen molar-refractivity contribution in [1.82, 2.24) is 15.6 Å². The second-order valence-electron chi connectivity index (χ2n) is 13.1. The summed E-state index contributed by atoms with van der Waals surface area (Å²) >= 11 is 1.55. The summed E-state index contributed by atoms with van der Waals surface area (Å²) in [5.74, 6) is -1.22. The molecule has 4 aromatic rings. The molecule has 0 fully saturated rings. The van der Waals surface area contributed by atoms with Crippen LogP contribution in [0.15, 0.2) is 47.8 Å². The molecule has 0 spiro atoms. The van der Waals surface area contributed by atoms with Crippen molar-refractivity contribution in [1.29, 1.82) is 0 Å². The first kappa shape index (κ1) is 37.0. The van der Waals surface area contributed by atoms with E-state index in [1.54, 1.807) is 50.3 Å². The number of esters is 1. The number of amides is 3. The third-order valence-corrected chi connectivity index (χ3v) is 9.06. The van der Waals surface area contributed by atoms with Crippen LogP contribution < -0.4 is 20.7 Å². The number of anilines is 1. The number of ether oxygens (including phenoxy) is 3. The third kappa shape index (κ3) is 8.73. The Morgan fingerprint density at radius 1 is 0.961 bits per heavy atom. The predicted molar refractivity (Wildman–Crippen MR) is 195 cm³/mol. The number of fused-ring (bicyclic) bond motifs is 3. The number of aliphatic hydroxyl groups is 1. The van der Waals surface area contributed by atoms with Crippen molar-refractivity contribution < 1.29 is 38.5 Å². The first-order chi connectivity index (χ1) is 24.3. The van der Waals surface area contributed by atoms with Gasteiger partial charge in [-0.2, -0.15) is 0 Å². The van der Waals surface area contributed by atoms with Crippen LogP contribution in [0, 0.1) is 13.8 Å². The van der Waals surface area contributed by atoms with Crippen molar-refractivity contribution in [3.8, 4) is 27.3 Å². The van der Waals surface area contributed by atoms with Crippen molar-refractivity contribution in [2.24, 2.45) is 0 Å².